The summed E-state index contributed by atoms with van der Waals surface area (Å²) in [7, 11) is 0. The first-order valence-electron chi connectivity index (χ1n) is 5.62. The Morgan fingerprint density at radius 3 is 2.81 bits per heavy atom. The first-order valence-corrected chi connectivity index (χ1v) is 6.70. The van der Waals surface area contributed by atoms with Crippen molar-refractivity contribution in [1.29, 1.82) is 0 Å². The highest BCUT2D eigenvalue weighted by Gasteiger charge is 2.35. The van der Waals surface area contributed by atoms with E-state index in [9.17, 15) is 0 Å². The maximum absolute atomic E-state index is 5.87. The van der Waals surface area contributed by atoms with Crippen LogP contribution in [0.15, 0.2) is 9.52 Å². The van der Waals surface area contributed by atoms with Crippen LogP contribution < -0.4 is 0 Å². The molecule has 2 aliphatic rings. The van der Waals surface area contributed by atoms with Crippen molar-refractivity contribution in [1.82, 2.24) is 5.16 Å². The van der Waals surface area contributed by atoms with E-state index >= 15 is 0 Å². The third-order valence-electron chi connectivity index (χ3n) is 3.21. The van der Waals surface area contributed by atoms with E-state index in [2.05, 4.69) is 32.7 Å². The quantitative estimate of drug-likeness (QED) is 0.743. The van der Waals surface area contributed by atoms with Crippen molar-refractivity contribution in [2.75, 3.05) is 0 Å². The smallest absolute Gasteiger partial charge is 0.240 e. The van der Waals surface area contributed by atoms with Gasteiger partial charge in [-0.2, -0.15) is 0 Å². The topological polar surface area (TPSA) is 47.6 Å². The van der Waals surface area contributed by atoms with Crippen molar-refractivity contribution in [3.8, 4) is 0 Å². The Balaban J connectivity index is 1.89. The second kappa shape index (κ2) is 4.01. The molecule has 0 amide bonds. The van der Waals surface area contributed by atoms with E-state index in [4.69, 9.17) is 9.26 Å². The van der Waals surface area contributed by atoms with Crippen molar-refractivity contribution in [3.63, 3.8) is 0 Å². The molecular weight excluding hydrogens is 319 g/mol. The summed E-state index contributed by atoms with van der Waals surface area (Å²) in [5.41, 5.74) is 0.771. The van der Waals surface area contributed by atoms with Gasteiger partial charge >= 0.3 is 0 Å². The van der Waals surface area contributed by atoms with Gasteiger partial charge in [-0.25, -0.2) is 4.99 Å². The second-order valence-corrected chi connectivity index (χ2v) is 5.42. The number of ether oxygens (including phenoxy) is 1. The van der Waals surface area contributed by atoms with E-state index in [0.717, 1.165) is 27.9 Å². The van der Waals surface area contributed by atoms with Crippen LogP contribution in [0.5, 0.6) is 0 Å². The molecule has 2 atom stereocenters. The van der Waals surface area contributed by atoms with Crippen LogP contribution in [0.25, 0.3) is 0 Å². The molecule has 1 aliphatic heterocycles. The zero-order chi connectivity index (χ0) is 11.1. The predicted octanol–water partition coefficient (Wildman–Crippen LogP) is 2.68. The Bertz CT molecular complexity index is 441. The van der Waals surface area contributed by atoms with Gasteiger partial charge < -0.3 is 9.26 Å². The lowest BCUT2D eigenvalue weighted by atomic mass is 9.94. The molecule has 1 saturated carbocycles. The molecule has 1 aliphatic carbocycles. The van der Waals surface area contributed by atoms with Crippen LogP contribution in [0, 0.1) is 10.5 Å². The van der Waals surface area contributed by atoms with Crippen molar-refractivity contribution in [2.24, 2.45) is 4.99 Å². The molecule has 1 fully saturated rings. The molecule has 3 rings (SSSR count). The van der Waals surface area contributed by atoms with Gasteiger partial charge in [-0.1, -0.05) is 11.6 Å². The molecular formula is C11H13IN2O2. The van der Waals surface area contributed by atoms with Crippen LogP contribution in [0.1, 0.15) is 37.1 Å². The number of aliphatic imine (C=N–C) groups is 1. The molecule has 0 N–H and O–H groups in total. The summed E-state index contributed by atoms with van der Waals surface area (Å²) in [4.78, 5) is 4.62. The van der Waals surface area contributed by atoms with Gasteiger partial charge in [0.15, 0.2) is 5.69 Å². The van der Waals surface area contributed by atoms with E-state index in [1.807, 2.05) is 6.92 Å². The van der Waals surface area contributed by atoms with Gasteiger partial charge in [0.25, 0.3) is 0 Å². The Morgan fingerprint density at radius 1 is 1.31 bits per heavy atom. The first kappa shape index (κ1) is 10.6. The number of halogens is 1. The highest BCUT2D eigenvalue weighted by atomic mass is 127. The SMILES string of the molecule is Cc1onc(C2=N[C@H]3CCCC[C@H]3O2)c1I. The number of fused-ring (bicyclic) bond motifs is 1. The highest BCUT2D eigenvalue weighted by Crippen LogP contribution is 2.31. The van der Waals surface area contributed by atoms with Crippen LogP contribution in [-0.4, -0.2) is 23.2 Å². The molecule has 0 bridgehead atoms. The summed E-state index contributed by atoms with van der Waals surface area (Å²) in [6.45, 7) is 1.90. The fourth-order valence-electron chi connectivity index (χ4n) is 2.30. The average Bonchev–Trinajstić information content (AvgIpc) is 2.84. The zero-order valence-corrected chi connectivity index (χ0v) is 11.2. The Kier molecular flexibility index (Phi) is 2.65. The van der Waals surface area contributed by atoms with E-state index in [1.165, 1.54) is 12.8 Å². The minimum Gasteiger partial charge on any atom is -0.471 e. The Hall–Kier alpha value is -0.590. The second-order valence-electron chi connectivity index (χ2n) is 4.34. The van der Waals surface area contributed by atoms with E-state index in [-0.39, 0.29) is 6.10 Å². The Labute approximate surface area is 108 Å². The maximum Gasteiger partial charge on any atom is 0.240 e. The molecule has 86 valence electrons. The number of aromatic nitrogens is 1. The van der Waals surface area contributed by atoms with Crippen LogP contribution >= 0.6 is 22.6 Å². The van der Waals surface area contributed by atoms with Crippen LogP contribution in [0.4, 0.5) is 0 Å². The van der Waals surface area contributed by atoms with E-state index in [1.54, 1.807) is 0 Å². The number of nitrogens with zero attached hydrogens (tertiary/aromatic N) is 2. The van der Waals surface area contributed by atoms with Crippen LogP contribution in [0.2, 0.25) is 0 Å². The molecule has 1 aromatic rings. The van der Waals surface area contributed by atoms with Crippen molar-refractivity contribution < 1.29 is 9.26 Å². The molecule has 0 unspecified atom stereocenters. The van der Waals surface area contributed by atoms with Crippen LogP contribution in [-0.2, 0) is 4.74 Å². The summed E-state index contributed by atoms with van der Waals surface area (Å²) in [5.74, 6) is 1.51. The molecule has 4 nitrogen and oxygen atoms in total. The molecule has 0 saturated heterocycles. The van der Waals surface area contributed by atoms with E-state index in [0.29, 0.717) is 11.9 Å². The highest BCUT2D eigenvalue weighted by molar-refractivity contribution is 14.1. The first-order chi connectivity index (χ1) is 7.75. The summed E-state index contributed by atoms with van der Waals surface area (Å²) < 4.78 is 12.0. The van der Waals surface area contributed by atoms with Gasteiger partial charge in [0, 0.05) is 0 Å². The van der Waals surface area contributed by atoms with Crippen molar-refractivity contribution in [2.45, 2.75) is 44.8 Å². The van der Waals surface area contributed by atoms with Gasteiger partial charge in [-0.15, -0.1) is 0 Å². The van der Waals surface area contributed by atoms with E-state index < -0.39 is 0 Å². The minimum absolute atomic E-state index is 0.275. The van der Waals surface area contributed by atoms with Crippen molar-refractivity contribution in [3.05, 3.63) is 15.0 Å². The molecule has 16 heavy (non-hydrogen) atoms. The lowest BCUT2D eigenvalue weighted by Crippen LogP contribution is -2.26. The number of rotatable bonds is 1. The average molecular weight is 332 g/mol. The monoisotopic (exact) mass is 332 g/mol. The third kappa shape index (κ3) is 1.65. The molecule has 1 aromatic heterocycles. The Morgan fingerprint density at radius 2 is 2.12 bits per heavy atom. The lowest BCUT2D eigenvalue weighted by Gasteiger charge is -2.21. The molecule has 5 heteroatoms. The standard InChI is InChI=1S/C11H13IN2O2/c1-6-9(12)10(14-16-6)11-13-7-4-2-3-5-8(7)15-11/h7-8H,2-5H2,1H3/t7-,8+/m0/s1. The van der Waals surface area contributed by atoms with Gasteiger partial charge in [0.05, 0.1) is 9.61 Å². The third-order valence-corrected chi connectivity index (χ3v) is 4.48. The largest absolute Gasteiger partial charge is 0.471 e. The minimum atomic E-state index is 0.275. The molecule has 0 radical (unpaired) electrons. The molecule has 2 heterocycles. The van der Waals surface area contributed by atoms with Gasteiger partial charge in [-0.05, 0) is 48.8 Å². The fourth-order valence-corrected chi connectivity index (χ4v) is 2.73. The van der Waals surface area contributed by atoms with Crippen molar-refractivity contribution >= 4 is 28.5 Å². The molecule has 0 spiro atoms. The fraction of sp³-hybridized carbons (Fsp3) is 0.636. The maximum atomic E-state index is 5.87. The summed E-state index contributed by atoms with van der Waals surface area (Å²) in [6, 6.07) is 0.344. The predicted molar refractivity (Wildman–Crippen MR) is 67.6 cm³/mol. The summed E-state index contributed by atoms with van der Waals surface area (Å²) >= 11 is 2.23. The zero-order valence-electron chi connectivity index (χ0n) is 9.07. The van der Waals surface area contributed by atoms with Gasteiger partial charge in [0.1, 0.15) is 11.9 Å². The van der Waals surface area contributed by atoms with Gasteiger partial charge in [-0.3, -0.25) is 0 Å². The van der Waals surface area contributed by atoms with Crippen LogP contribution in [0.3, 0.4) is 0 Å². The molecule has 0 aromatic carbocycles. The number of aryl methyl sites for hydroxylation is 1. The summed E-state index contributed by atoms with van der Waals surface area (Å²) in [6.07, 6.45) is 5.04. The number of hydrogen-bond donors (Lipinski definition) is 0. The summed E-state index contributed by atoms with van der Waals surface area (Å²) in [5, 5.41) is 4.02. The lowest BCUT2D eigenvalue weighted by molar-refractivity contribution is 0.152. The normalized spacial score (nSPS) is 28.5. The van der Waals surface area contributed by atoms with Gasteiger partial charge in [0.2, 0.25) is 5.90 Å². The number of hydrogen-bond acceptors (Lipinski definition) is 4.